The maximum Gasteiger partial charge on any atom is 0.191 e. The van der Waals surface area contributed by atoms with E-state index in [1.807, 2.05) is 19.1 Å². The van der Waals surface area contributed by atoms with Crippen LogP contribution in [-0.4, -0.2) is 38.1 Å². The summed E-state index contributed by atoms with van der Waals surface area (Å²) in [5.74, 6) is -2.24. The van der Waals surface area contributed by atoms with E-state index in [1.54, 1.807) is 17.0 Å². The molecule has 0 radical (unpaired) electrons. The highest BCUT2D eigenvalue weighted by molar-refractivity contribution is 5.79. The number of aliphatic hydroxyl groups excluding tert-OH is 2. The van der Waals surface area contributed by atoms with E-state index in [0.717, 1.165) is 23.1 Å². The monoisotopic (exact) mass is 360 g/mol. The number of aliphatic hydroxyl groups is 2. The summed E-state index contributed by atoms with van der Waals surface area (Å²) in [6, 6.07) is 6.66. The van der Waals surface area contributed by atoms with E-state index in [4.69, 9.17) is 4.74 Å². The summed E-state index contributed by atoms with van der Waals surface area (Å²) in [4.78, 5) is 4.35. The Morgan fingerprint density at radius 3 is 2.58 bits per heavy atom. The molecule has 4 atom stereocenters. The third-order valence-corrected chi connectivity index (χ3v) is 4.98. The van der Waals surface area contributed by atoms with Crippen molar-refractivity contribution in [3.63, 3.8) is 0 Å². The number of para-hydroxylation sites is 1. The Labute approximate surface area is 148 Å². The van der Waals surface area contributed by atoms with Gasteiger partial charge in [-0.05, 0) is 36.8 Å². The number of hydrogen-bond acceptors (Lipinski definition) is 4. The van der Waals surface area contributed by atoms with Gasteiger partial charge in [-0.2, -0.15) is 0 Å². The summed E-state index contributed by atoms with van der Waals surface area (Å²) in [5, 5.41) is 21.8. The third-order valence-electron chi connectivity index (χ3n) is 4.98. The number of ether oxygens (including phenoxy) is 1. The lowest BCUT2D eigenvalue weighted by atomic mass is 10.2. The molecule has 5 nitrogen and oxygen atoms in total. The lowest BCUT2D eigenvalue weighted by Crippen LogP contribution is -2.34. The predicted octanol–water partition coefficient (Wildman–Crippen LogP) is 2.74. The van der Waals surface area contributed by atoms with Gasteiger partial charge in [0.25, 0.3) is 0 Å². The minimum absolute atomic E-state index is 0.190. The van der Waals surface area contributed by atoms with Crippen LogP contribution in [0.4, 0.5) is 8.78 Å². The molecule has 0 bridgehead atoms. The number of rotatable bonds is 3. The average molecular weight is 360 g/mol. The SMILES string of the molecule is Cc1ccnc2c1ccn2[C@@H]1C[C@H](Oc2c(F)cccc2F)[C@@H](O)[C@H]1O. The van der Waals surface area contributed by atoms with Gasteiger partial charge in [-0.25, -0.2) is 13.8 Å². The summed E-state index contributed by atoms with van der Waals surface area (Å²) in [7, 11) is 0. The Morgan fingerprint density at radius 2 is 1.85 bits per heavy atom. The Morgan fingerprint density at radius 1 is 1.12 bits per heavy atom. The molecular weight excluding hydrogens is 342 g/mol. The molecule has 0 saturated heterocycles. The van der Waals surface area contributed by atoms with Crippen LogP contribution in [0.15, 0.2) is 42.7 Å². The van der Waals surface area contributed by atoms with Gasteiger partial charge in [-0.15, -0.1) is 0 Å². The predicted molar refractivity (Wildman–Crippen MR) is 90.9 cm³/mol. The van der Waals surface area contributed by atoms with Gasteiger partial charge < -0.3 is 19.5 Å². The number of aromatic nitrogens is 2. The van der Waals surface area contributed by atoms with E-state index in [9.17, 15) is 19.0 Å². The van der Waals surface area contributed by atoms with Gasteiger partial charge in [0.2, 0.25) is 0 Å². The van der Waals surface area contributed by atoms with Crippen molar-refractivity contribution in [1.29, 1.82) is 0 Å². The maximum atomic E-state index is 13.8. The van der Waals surface area contributed by atoms with Gasteiger partial charge in [0.1, 0.15) is 24.0 Å². The maximum absolute atomic E-state index is 13.8. The molecule has 0 spiro atoms. The van der Waals surface area contributed by atoms with E-state index < -0.39 is 41.7 Å². The fourth-order valence-electron chi connectivity index (χ4n) is 3.57. The second-order valence-electron chi connectivity index (χ2n) is 6.58. The summed E-state index contributed by atoms with van der Waals surface area (Å²) >= 11 is 0. The van der Waals surface area contributed by atoms with Gasteiger partial charge in [0, 0.05) is 24.2 Å². The Hall–Kier alpha value is -2.51. The molecule has 4 rings (SSSR count). The van der Waals surface area contributed by atoms with E-state index in [-0.39, 0.29) is 6.42 Å². The van der Waals surface area contributed by atoms with Crippen LogP contribution in [0, 0.1) is 18.6 Å². The minimum atomic E-state index is -1.28. The van der Waals surface area contributed by atoms with Crippen LogP contribution in [0.2, 0.25) is 0 Å². The molecule has 7 heteroatoms. The average Bonchev–Trinajstić information content (AvgIpc) is 3.15. The fraction of sp³-hybridized carbons (Fsp3) is 0.316. The first-order chi connectivity index (χ1) is 12.5. The van der Waals surface area contributed by atoms with Crippen LogP contribution in [0.3, 0.4) is 0 Å². The van der Waals surface area contributed by atoms with Gasteiger partial charge in [0.15, 0.2) is 17.4 Å². The molecule has 2 heterocycles. The Balaban J connectivity index is 1.65. The third kappa shape index (κ3) is 2.64. The van der Waals surface area contributed by atoms with Crippen LogP contribution >= 0.6 is 0 Å². The van der Waals surface area contributed by atoms with Crippen molar-refractivity contribution in [3.05, 3.63) is 59.9 Å². The largest absolute Gasteiger partial charge is 0.481 e. The molecule has 1 aliphatic carbocycles. The van der Waals surface area contributed by atoms with Crippen molar-refractivity contribution in [2.24, 2.45) is 0 Å². The summed E-state index contributed by atoms with van der Waals surface area (Å²) < 4.78 is 34.8. The zero-order valence-corrected chi connectivity index (χ0v) is 14.0. The molecule has 0 aliphatic heterocycles. The van der Waals surface area contributed by atoms with Crippen molar-refractivity contribution in [2.75, 3.05) is 0 Å². The number of benzene rings is 1. The minimum Gasteiger partial charge on any atom is -0.481 e. The van der Waals surface area contributed by atoms with Crippen LogP contribution < -0.4 is 4.74 Å². The number of fused-ring (bicyclic) bond motifs is 1. The van der Waals surface area contributed by atoms with Crippen molar-refractivity contribution < 1.29 is 23.7 Å². The second kappa shape index (κ2) is 6.34. The molecule has 26 heavy (non-hydrogen) atoms. The highest BCUT2D eigenvalue weighted by Gasteiger charge is 2.44. The van der Waals surface area contributed by atoms with Crippen LogP contribution in [0.25, 0.3) is 11.0 Å². The lowest BCUT2D eigenvalue weighted by Gasteiger charge is -2.19. The topological polar surface area (TPSA) is 67.5 Å². The Kier molecular flexibility index (Phi) is 4.13. The zero-order valence-electron chi connectivity index (χ0n) is 14.0. The molecule has 1 aliphatic rings. The highest BCUT2D eigenvalue weighted by Crippen LogP contribution is 2.37. The number of halogens is 2. The molecule has 1 saturated carbocycles. The fourth-order valence-corrected chi connectivity index (χ4v) is 3.57. The van der Waals surface area contributed by atoms with Crippen molar-refractivity contribution in [2.45, 2.75) is 37.7 Å². The van der Waals surface area contributed by atoms with Crippen molar-refractivity contribution in [3.8, 4) is 5.75 Å². The van der Waals surface area contributed by atoms with Gasteiger partial charge in [-0.3, -0.25) is 0 Å². The summed E-state index contributed by atoms with van der Waals surface area (Å²) in [6.45, 7) is 1.96. The first-order valence-corrected chi connectivity index (χ1v) is 8.36. The van der Waals surface area contributed by atoms with E-state index in [2.05, 4.69) is 4.98 Å². The van der Waals surface area contributed by atoms with E-state index in [1.165, 1.54) is 6.07 Å². The number of nitrogens with zero attached hydrogens (tertiary/aromatic N) is 2. The first kappa shape index (κ1) is 16.9. The summed E-state index contributed by atoms with van der Waals surface area (Å²) in [5.41, 5.74) is 1.72. The smallest absolute Gasteiger partial charge is 0.191 e. The van der Waals surface area contributed by atoms with Crippen molar-refractivity contribution >= 4 is 11.0 Å². The van der Waals surface area contributed by atoms with Crippen LogP contribution in [0.1, 0.15) is 18.0 Å². The summed E-state index contributed by atoms with van der Waals surface area (Å²) in [6.07, 6.45) is 0.291. The molecular formula is C19H18F2N2O3. The lowest BCUT2D eigenvalue weighted by molar-refractivity contribution is -0.0181. The highest BCUT2D eigenvalue weighted by atomic mass is 19.1. The number of aryl methyl sites for hydroxylation is 1. The molecule has 1 fully saturated rings. The van der Waals surface area contributed by atoms with Crippen molar-refractivity contribution in [1.82, 2.24) is 9.55 Å². The van der Waals surface area contributed by atoms with Gasteiger partial charge >= 0.3 is 0 Å². The second-order valence-corrected chi connectivity index (χ2v) is 6.58. The molecule has 2 aromatic heterocycles. The normalized spacial score (nSPS) is 25.7. The Bertz CT molecular complexity index is 939. The quantitative estimate of drug-likeness (QED) is 0.754. The zero-order chi connectivity index (χ0) is 18.4. The van der Waals surface area contributed by atoms with Gasteiger partial charge in [-0.1, -0.05) is 6.07 Å². The molecule has 2 N–H and O–H groups in total. The van der Waals surface area contributed by atoms with E-state index >= 15 is 0 Å². The standard InChI is InChI=1S/C19H18F2N2O3/c1-10-5-7-22-19-11(10)6-8-23(19)14-9-15(17(25)16(14)24)26-18-12(20)3-2-4-13(18)21/h2-8,14-17,24-25H,9H2,1H3/t14-,15+,16+,17-/m1/s1. The molecule has 0 unspecified atom stereocenters. The molecule has 1 aromatic carbocycles. The molecule has 136 valence electrons. The van der Waals surface area contributed by atoms with Gasteiger partial charge in [0.05, 0.1) is 6.04 Å². The number of hydrogen-bond donors (Lipinski definition) is 2. The van der Waals surface area contributed by atoms with Crippen LogP contribution in [0.5, 0.6) is 5.75 Å². The molecule has 3 aromatic rings. The first-order valence-electron chi connectivity index (χ1n) is 8.36. The van der Waals surface area contributed by atoms with Crippen LogP contribution in [-0.2, 0) is 0 Å². The van der Waals surface area contributed by atoms with E-state index in [0.29, 0.717) is 5.65 Å². The molecule has 0 amide bonds. The number of pyridine rings is 1.